The van der Waals surface area contributed by atoms with Gasteiger partial charge in [0.25, 0.3) is 5.91 Å². The first-order valence-corrected chi connectivity index (χ1v) is 8.21. The Labute approximate surface area is 150 Å². The van der Waals surface area contributed by atoms with Crippen LogP contribution >= 0.6 is 0 Å². The number of nitrogens with zero attached hydrogens (tertiary/aromatic N) is 3. The minimum atomic E-state index is -0.558. The Kier molecular flexibility index (Phi) is 4.89. The van der Waals surface area contributed by atoms with Crippen LogP contribution in [0.1, 0.15) is 23.2 Å². The molecule has 3 N–H and O–H groups in total. The van der Waals surface area contributed by atoms with E-state index < -0.39 is 5.91 Å². The fraction of sp³-hybridized carbons (Fsp3) is 0.333. The Morgan fingerprint density at radius 3 is 3.00 bits per heavy atom. The highest BCUT2D eigenvalue weighted by molar-refractivity contribution is 6.03. The molecule has 0 spiro atoms. The number of aromatic nitrogens is 1. The van der Waals surface area contributed by atoms with E-state index in [1.807, 2.05) is 6.07 Å². The summed E-state index contributed by atoms with van der Waals surface area (Å²) in [5.74, 6) is 0.322. The number of nitriles is 1. The molecular weight excluding hydrogens is 334 g/mol. The van der Waals surface area contributed by atoms with Gasteiger partial charge in [0.2, 0.25) is 5.91 Å². The van der Waals surface area contributed by atoms with E-state index in [2.05, 4.69) is 10.3 Å². The number of likely N-dealkylation sites (tertiary alicyclic amines) is 1. The molecule has 1 aliphatic rings. The van der Waals surface area contributed by atoms with Gasteiger partial charge in [0.05, 0.1) is 18.7 Å². The number of nitrogens with one attached hydrogen (secondary N) is 1. The lowest BCUT2D eigenvalue weighted by atomic mass is 10.1. The molecule has 0 radical (unpaired) electrons. The number of hydrogen-bond donors (Lipinski definition) is 2. The van der Waals surface area contributed by atoms with Gasteiger partial charge in [0.1, 0.15) is 18.0 Å². The van der Waals surface area contributed by atoms with E-state index in [-0.39, 0.29) is 18.4 Å². The fourth-order valence-corrected chi connectivity index (χ4v) is 3.16. The molecule has 2 aromatic rings. The number of nitrogens with two attached hydrogens (primary N) is 1. The van der Waals surface area contributed by atoms with Crippen LogP contribution in [0, 0.1) is 11.3 Å². The Bertz CT molecular complexity index is 906. The summed E-state index contributed by atoms with van der Waals surface area (Å²) in [6.07, 6.45) is 2.31. The molecule has 0 saturated carbocycles. The van der Waals surface area contributed by atoms with Gasteiger partial charge in [-0.15, -0.1) is 0 Å². The molecule has 8 heteroatoms. The van der Waals surface area contributed by atoms with Crippen LogP contribution < -0.4 is 15.8 Å². The Morgan fingerprint density at radius 2 is 2.31 bits per heavy atom. The molecule has 1 saturated heterocycles. The molecule has 1 aromatic heterocycles. The SMILES string of the molecule is COc1cc2c(NC3CCN(C(=O)CC#N)C3)nccc2cc1C(N)=O. The minimum absolute atomic E-state index is 0.0394. The van der Waals surface area contributed by atoms with Crippen molar-refractivity contribution in [3.8, 4) is 11.8 Å². The van der Waals surface area contributed by atoms with Gasteiger partial charge in [-0.1, -0.05) is 0 Å². The maximum atomic E-state index is 11.8. The third-order valence-corrected chi connectivity index (χ3v) is 4.46. The predicted molar refractivity (Wildman–Crippen MR) is 95.7 cm³/mol. The lowest BCUT2D eigenvalue weighted by Gasteiger charge is -2.17. The predicted octanol–water partition coefficient (Wildman–Crippen LogP) is 1.27. The van der Waals surface area contributed by atoms with Crippen LogP contribution in [0.4, 0.5) is 5.82 Å². The number of ether oxygens (including phenoxy) is 1. The highest BCUT2D eigenvalue weighted by Gasteiger charge is 2.26. The van der Waals surface area contributed by atoms with Crippen molar-refractivity contribution in [2.45, 2.75) is 18.9 Å². The van der Waals surface area contributed by atoms with E-state index in [0.29, 0.717) is 30.2 Å². The zero-order valence-corrected chi connectivity index (χ0v) is 14.4. The van der Waals surface area contributed by atoms with Crippen molar-refractivity contribution in [1.82, 2.24) is 9.88 Å². The molecule has 134 valence electrons. The van der Waals surface area contributed by atoms with Crippen LogP contribution in [0.25, 0.3) is 10.8 Å². The van der Waals surface area contributed by atoms with E-state index in [1.165, 1.54) is 7.11 Å². The van der Waals surface area contributed by atoms with Crippen molar-refractivity contribution in [1.29, 1.82) is 5.26 Å². The number of amides is 2. The summed E-state index contributed by atoms with van der Waals surface area (Å²) < 4.78 is 5.28. The largest absolute Gasteiger partial charge is 0.496 e. The third-order valence-electron chi connectivity index (χ3n) is 4.46. The number of fused-ring (bicyclic) bond motifs is 1. The average Bonchev–Trinajstić information content (AvgIpc) is 3.09. The first-order chi connectivity index (χ1) is 12.5. The Hall–Kier alpha value is -3.34. The topological polar surface area (TPSA) is 121 Å². The zero-order valence-electron chi connectivity index (χ0n) is 14.4. The molecule has 1 atom stereocenters. The molecule has 8 nitrogen and oxygen atoms in total. The van der Waals surface area contributed by atoms with Gasteiger partial charge in [-0.05, 0) is 30.0 Å². The summed E-state index contributed by atoms with van der Waals surface area (Å²) in [5.41, 5.74) is 5.72. The summed E-state index contributed by atoms with van der Waals surface area (Å²) in [7, 11) is 1.48. The fourth-order valence-electron chi connectivity index (χ4n) is 3.16. The highest BCUT2D eigenvalue weighted by atomic mass is 16.5. The number of carbonyl (C=O) groups is 2. The van der Waals surface area contributed by atoms with Gasteiger partial charge in [0.15, 0.2) is 0 Å². The Morgan fingerprint density at radius 1 is 1.50 bits per heavy atom. The smallest absolute Gasteiger partial charge is 0.252 e. The molecule has 26 heavy (non-hydrogen) atoms. The van der Waals surface area contributed by atoms with Crippen molar-refractivity contribution < 1.29 is 14.3 Å². The lowest BCUT2D eigenvalue weighted by Crippen LogP contribution is -2.31. The standard InChI is InChI=1S/C18H19N5O3/c1-26-15-9-13-11(8-14(15)17(20)25)3-6-21-18(13)22-12-4-7-23(10-12)16(24)2-5-19/h3,6,8-9,12H,2,4,7,10H2,1H3,(H2,20,25)(H,21,22). The molecule has 0 bridgehead atoms. The van der Waals surface area contributed by atoms with Crippen LogP contribution in [0.5, 0.6) is 5.75 Å². The molecule has 2 heterocycles. The van der Waals surface area contributed by atoms with Crippen molar-refractivity contribution in [2.24, 2.45) is 5.73 Å². The maximum absolute atomic E-state index is 11.8. The number of benzene rings is 1. The van der Waals surface area contributed by atoms with Gasteiger partial charge in [-0.25, -0.2) is 4.98 Å². The molecule has 1 unspecified atom stereocenters. The molecule has 1 fully saturated rings. The number of rotatable bonds is 5. The molecule has 2 amide bonds. The first-order valence-electron chi connectivity index (χ1n) is 8.21. The quantitative estimate of drug-likeness (QED) is 0.835. The van der Waals surface area contributed by atoms with Crippen LogP contribution in [-0.4, -0.2) is 47.9 Å². The Balaban J connectivity index is 1.86. The van der Waals surface area contributed by atoms with E-state index in [1.54, 1.807) is 29.3 Å². The van der Waals surface area contributed by atoms with Crippen LogP contribution in [0.15, 0.2) is 24.4 Å². The minimum Gasteiger partial charge on any atom is -0.496 e. The van der Waals surface area contributed by atoms with Crippen molar-refractivity contribution in [2.75, 3.05) is 25.5 Å². The van der Waals surface area contributed by atoms with Gasteiger partial charge in [-0.2, -0.15) is 5.26 Å². The van der Waals surface area contributed by atoms with Crippen molar-refractivity contribution >= 4 is 28.4 Å². The van der Waals surface area contributed by atoms with E-state index in [0.717, 1.165) is 17.2 Å². The number of carbonyl (C=O) groups excluding carboxylic acids is 2. The summed E-state index contributed by atoms with van der Waals surface area (Å²) in [6.45, 7) is 1.13. The van der Waals surface area contributed by atoms with Crippen molar-refractivity contribution in [3.63, 3.8) is 0 Å². The number of methoxy groups -OCH3 is 1. The van der Waals surface area contributed by atoms with Crippen LogP contribution in [0.2, 0.25) is 0 Å². The van der Waals surface area contributed by atoms with E-state index in [9.17, 15) is 9.59 Å². The summed E-state index contributed by atoms with van der Waals surface area (Å²) in [6, 6.07) is 7.14. The second-order valence-corrected chi connectivity index (χ2v) is 6.10. The lowest BCUT2D eigenvalue weighted by molar-refractivity contribution is -0.129. The molecule has 1 aliphatic heterocycles. The van der Waals surface area contributed by atoms with Gasteiger partial charge in [-0.3, -0.25) is 9.59 Å². The molecular formula is C18H19N5O3. The van der Waals surface area contributed by atoms with E-state index >= 15 is 0 Å². The van der Waals surface area contributed by atoms with E-state index in [4.69, 9.17) is 15.7 Å². The van der Waals surface area contributed by atoms with Gasteiger partial charge in [0, 0.05) is 30.7 Å². The number of pyridine rings is 1. The summed E-state index contributed by atoms with van der Waals surface area (Å²) in [5, 5.41) is 13.6. The number of primary amides is 1. The average molecular weight is 353 g/mol. The highest BCUT2D eigenvalue weighted by Crippen LogP contribution is 2.30. The second-order valence-electron chi connectivity index (χ2n) is 6.10. The number of anilines is 1. The summed E-state index contributed by atoms with van der Waals surface area (Å²) in [4.78, 5) is 29.5. The van der Waals surface area contributed by atoms with Crippen LogP contribution in [0.3, 0.4) is 0 Å². The first kappa shape index (κ1) is 17.5. The zero-order chi connectivity index (χ0) is 18.7. The monoisotopic (exact) mass is 353 g/mol. The third kappa shape index (κ3) is 3.37. The molecule has 3 rings (SSSR count). The normalized spacial score (nSPS) is 16.3. The summed E-state index contributed by atoms with van der Waals surface area (Å²) >= 11 is 0. The van der Waals surface area contributed by atoms with Gasteiger partial charge >= 0.3 is 0 Å². The number of hydrogen-bond acceptors (Lipinski definition) is 6. The molecule has 1 aromatic carbocycles. The van der Waals surface area contributed by atoms with Gasteiger partial charge < -0.3 is 20.7 Å². The van der Waals surface area contributed by atoms with Crippen molar-refractivity contribution in [3.05, 3.63) is 30.0 Å². The molecule has 0 aliphatic carbocycles. The second kappa shape index (κ2) is 7.27. The van der Waals surface area contributed by atoms with Crippen LogP contribution in [-0.2, 0) is 4.79 Å². The maximum Gasteiger partial charge on any atom is 0.252 e.